The highest BCUT2D eigenvalue weighted by Gasteiger charge is 2.35. The fourth-order valence-corrected chi connectivity index (χ4v) is 3.82. The molecule has 5 nitrogen and oxygen atoms in total. The minimum atomic E-state index is -4.90. The third kappa shape index (κ3) is 7.51. The molecule has 0 fully saturated rings. The van der Waals surface area contributed by atoms with E-state index < -0.39 is 52.9 Å². The quantitative estimate of drug-likeness (QED) is 0.208. The number of amides is 1. The minimum Gasteiger partial charge on any atom is -0.372 e. The van der Waals surface area contributed by atoms with Crippen molar-refractivity contribution in [2.24, 2.45) is 7.05 Å². The number of carbonyl (C=O) groups is 1. The number of nitrogens with one attached hydrogen (secondary N) is 2. The first kappa shape index (κ1) is 30.5. The lowest BCUT2D eigenvalue weighted by atomic mass is 9.96. The highest BCUT2D eigenvalue weighted by Crippen LogP contribution is 2.34. The number of imidazole rings is 1. The van der Waals surface area contributed by atoms with E-state index in [-0.39, 0.29) is 0 Å². The number of allylic oxidation sites excluding steroid dienone is 3. The van der Waals surface area contributed by atoms with Crippen LogP contribution in [0, 0.1) is 5.82 Å². The lowest BCUT2D eigenvalue weighted by molar-refractivity contribution is -0.138. The van der Waals surface area contributed by atoms with E-state index in [2.05, 4.69) is 15.6 Å². The van der Waals surface area contributed by atoms with Crippen LogP contribution in [0.1, 0.15) is 58.2 Å². The molecular formula is C28H27F7N4O. The Bertz CT molecular complexity index is 1420. The molecule has 0 atom stereocenters. The van der Waals surface area contributed by atoms with E-state index in [1.807, 2.05) is 6.92 Å². The molecule has 3 rings (SSSR count). The van der Waals surface area contributed by atoms with Gasteiger partial charge in [-0.3, -0.25) is 4.79 Å². The molecule has 0 spiro atoms. The number of hydrogen-bond acceptors (Lipinski definition) is 3. The maximum atomic E-state index is 14.1. The van der Waals surface area contributed by atoms with Gasteiger partial charge >= 0.3 is 12.4 Å². The summed E-state index contributed by atoms with van der Waals surface area (Å²) in [4.78, 5) is 17.3. The van der Waals surface area contributed by atoms with Crippen LogP contribution >= 0.6 is 0 Å². The molecule has 0 bridgehead atoms. The summed E-state index contributed by atoms with van der Waals surface area (Å²) in [7, 11) is 3.48. The van der Waals surface area contributed by atoms with E-state index in [4.69, 9.17) is 0 Å². The summed E-state index contributed by atoms with van der Waals surface area (Å²) in [6, 6.07) is 4.69. The Morgan fingerprint density at radius 1 is 1.05 bits per heavy atom. The molecule has 0 aliphatic heterocycles. The number of anilines is 1. The Balaban J connectivity index is 1.97. The Labute approximate surface area is 226 Å². The summed E-state index contributed by atoms with van der Waals surface area (Å²) in [6.45, 7) is 1.18. The summed E-state index contributed by atoms with van der Waals surface area (Å²) in [5.41, 5.74) is -2.82. The molecule has 1 amide bonds. The molecule has 12 heteroatoms. The van der Waals surface area contributed by atoms with Crippen LogP contribution in [0.2, 0.25) is 0 Å². The Morgan fingerprint density at radius 3 is 2.38 bits per heavy atom. The lowest BCUT2D eigenvalue weighted by Crippen LogP contribution is -2.26. The van der Waals surface area contributed by atoms with Crippen molar-refractivity contribution in [1.29, 1.82) is 0 Å². The predicted octanol–water partition coefficient (Wildman–Crippen LogP) is 7.47. The van der Waals surface area contributed by atoms with E-state index in [1.54, 1.807) is 43.1 Å². The molecule has 1 heterocycles. The summed E-state index contributed by atoms with van der Waals surface area (Å²) < 4.78 is 96.3. The molecule has 0 saturated carbocycles. The van der Waals surface area contributed by atoms with Crippen LogP contribution < -0.4 is 10.6 Å². The first-order chi connectivity index (χ1) is 18.7. The van der Waals surface area contributed by atoms with E-state index in [1.165, 1.54) is 6.07 Å². The van der Waals surface area contributed by atoms with Crippen molar-refractivity contribution in [3.63, 3.8) is 0 Å². The molecule has 0 aliphatic rings. The first-order valence-corrected chi connectivity index (χ1v) is 12.2. The van der Waals surface area contributed by atoms with E-state index in [0.717, 1.165) is 18.6 Å². The number of halogens is 7. The lowest BCUT2D eigenvalue weighted by Gasteiger charge is -2.16. The molecule has 0 aliphatic carbocycles. The maximum Gasteiger partial charge on any atom is 0.417 e. The highest BCUT2D eigenvalue weighted by molar-refractivity contribution is 5.97. The predicted molar refractivity (Wildman–Crippen MR) is 139 cm³/mol. The van der Waals surface area contributed by atoms with Gasteiger partial charge in [0, 0.05) is 32.4 Å². The number of rotatable bonds is 9. The standard InChI is InChI=1S/C28H27F7N4O/c1-4-5-6-17(8-12-25-38-24(36-2)16-39(25)3)18-7-10-22(28(33,34)35)21(14-18)26(40)37-15-19-13-20(27(30,31)32)9-11-23(19)29/h6-14,16,36H,4-5,15H2,1-3H3,(H,37,40)/b12-8-,17-6-. The van der Waals surface area contributed by atoms with Crippen LogP contribution in [0.3, 0.4) is 0 Å². The fourth-order valence-electron chi connectivity index (χ4n) is 3.82. The smallest absolute Gasteiger partial charge is 0.372 e. The van der Waals surface area contributed by atoms with Gasteiger partial charge in [0.1, 0.15) is 17.5 Å². The van der Waals surface area contributed by atoms with Crippen LogP contribution in [0.15, 0.2) is 54.7 Å². The number of aryl methyl sites for hydroxylation is 1. The average Bonchev–Trinajstić information content (AvgIpc) is 3.26. The normalized spacial score (nSPS) is 12.7. The second-order valence-corrected chi connectivity index (χ2v) is 8.87. The first-order valence-electron chi connectivity index (χ1n) is 12.2. The topological polar surface area (TPSA) is 59.0 Å². The van der Waals surface area contributed by atoms with Gasteiger partial charge in [-0.2, -0.15) is 26.3 Å². The average molecular weight is 569 g/mol. The van der Waals surface area contributed by atoms with Crippen molar-refractivity contribution in [1.82, 2.24) is 14.9 Å². The Morgan fingerprint density at radius 2 is 1.77 bits per heavy atom. The summed E-state index contributed by atoms with van der Waals surface area (Å²) >= 11 is 0. The number of benzene rings is 2. The molecule has 2 aromatic carbocycles. The van der Waals surface area contributed by atoms with Crippen molar-refractivity contribution in [3.8, 4) is 0 Å². The van der Waals surface area contributed by atoms with Gasteiger partial charge in [0.2, 0.25) is 0 Å². The summed E-state index contributed by atoms with van der Waals surface area (Å²) in [6.07, 6.45) is -1.41. The Kier molecular flexibility index (Phi) is 9.44. The maximum absolute atomic E-state index is 14.1. The van der Waals surface area contributed by atoms with Crippen LogP contribution in [0.25, 0.3) is 11.6 Å². The van der Waals surface area contributed by atoms with Gasteiger partial charge in [0.05, 0.1) is 16.7 Å². The SMILES string of the molecule is CCC/C=C(/C=C\c1nc(NC)cn1C)c1ccc(C(F)(F)F)c(C(=O)NCc2cc(C(F)(F)F)ccc2F)c1. The third-order valence-electron chi connectivity index (χ3n) is 5.95. The van der Waals surface area contributed by atoms with Crippen LogP contribution in [0.4, 0.5) is 36.6 Å². The van der Waals surface area contributed by atoms with Gasteiger partial charge in [-0.15, -0.1) is 0 Å². The zero-order chi connectivity index (χ0) is 29.7. The van der Waals surface area contributed by atoms with Crippen LogP contribution in [-0.4, -0.2) is 22.5 Å². The van der Waals surface area contributed by atoms with Gasteiger partial charge < -0.3 is 15.2 Å². The Hall–Kier alpha value is -4.09. The number of hydrogen-bond donors (Lipinski definition) is 2. The second-order valence-electron chi connectivity index (χ2n) is 8.87. The van der Waals surface area contributed by atoms with Crippen molar-refractivity contribution < 1.29 is 35.5 Å². The molecule has 3 aromatic rings. The highest BCUT2D eigenvalue weighted by atomic mass is 19.4. The molecule has 214 valence electrons. The van der Waals surface area contributed by atoms with Gasteiger partial charge in [-0.25, -0.2) is 9.37 Å². The van der Waals surface area contributed by atoms with Crippen molar-refractivity contribution >= 4 is 23.4 Å². The fraction of sp³-hybridized carbons (Fsp3) is 0.286. The third-order valence-corrected chi connectivity index (χ3v) is 5.95. The molecule has 40 heavy (non-hydrogen) atoms. The molecule has 0 unspecified atom stereocenters. The summed E-state index contributed by atoms with van der Waals surface area (Å²) in [5.74, 6) is -1.07. The molecule has 0 radical (unpaired) electrons. The monoisotopic (exact) mass is 568 g/mol. The van der Waals surface area contributed by atoms with Crippen molar-refractivity contribution in [3.05, 3.63) is 94.2 Å². The van der Waals surface area contributed by atoms with Gasteiger partial charge in [0.15, 0.2) is 0 Å². The van der Waals surface area contributed by atoms with E-state index in [0.29, 0.717) is 47.4 Å². The minimum absolute atomic E-state index is 0.302. The molecule has 2 N–H and O–H groups in total. The van der Waals surface area contributed by atoms with Crippen molar-refractivity contribution in [2.75, 3.05) is 12.4 Å². The van der Waals surface area contributed by atoms with Crippen LogP contribution in [-0.2, 0) is 25.9 Å². The number of alkyl halides is 6. The van der Waals surface area contributed by atoms with Gasteiger partial charge in [-0.1, -0.05) is 31.6 Å². The number of nitrogens with zero attached hydrogens (tertiary/aromatic N) is 2. The molecule has 1 aromatic heterocycles. The summed E-state index contributed by atoms with van der Waals surface area (Å²) in [5, 5.41) is 5.04. The van der Waals surface area contributed by atoms with Crippen molar-refractivity contribution in [2.45, 2.75) is 38.7 Å². The van der Waals surface area contributed by atoms with Crippen LogP contribution in [0.5, 0.6) is 0 Å². The number of aromatic nitrogens is 2. The van der Waals surface area contributed by atoms with E-state index in [9.17, 15) is 35.5 Å². The number of unbranched alkanes of at least 4 members (excludes halogenated alkanes) is 1. The molecule has 0 saturated heterocycles. The van der Waals surface area contributed by atoms with Gasteiger partial charge in [-0.05, 0) is 54.0 Å². The number of carbonyl (C=O) groups excluding carboxylic acids is 1. The zero-order valence-electron chi connectivity index (χ0n) is 21.8. The van der Waals surface area contributed by atoms with Gasteiger partial charge in [0.25, 0.3) is 5.91 Å². The molecular weight excluding hydrogens is 541 g/mol. The second kappa shape index (κ2) is 12.4. The largest absolute Gasteiger partial charge is 0.417 e. The van der Waals surface area contributed by atoms with E-state index >= 15 is 0 Å². The zero-order valence-corrected chi connectivity index (χ0v) is 21.8.